The predicted molar refractivity (Wildman–Crippen MR) is 95.3 cm³/mol. The molecule has 25 heavy (non-hydrogen) atoms. The molecule has 0 aromatic carbocycles. The van der Waals surface area contributed by atoms with Gasteiger partial charge in [-0.05, 0) is 11.8 Å². The van der Waals surface area contributed by atoms with Gasteiger partial charge in [0.15, 0.2) is 0 Å². The summed E-state index contributed by atoms with van der Waals surface area (Å²) in [7, 11) is 1.59. The molecule has 3 heterocycles. The highest BCUT2D eigenvalue weighted by molar-refractivity contribution is 5.82. The van der Waals surface area contributed by atoms with Crippen LogP contribution in [0.3, 0.4) is 0 Å². The second-order valence-corrected chi connectivity index (χ2v) is 7.71. The third-order valence-corrected chi connectivity index (χ3v) is 4.95. The topological polar surface area (TPSA) is 82.6 Å². The number of methoxy groups -OCH3 is 1. The molecule has 2 N–H and O–H groups in total. The van der Waals surface area contributed by atoms with Gasteiger partial charge in [0.1, 0.15) is 6.04 Å². The fourth-order valence-electron chi connectivity index (χ4n) is 3.23. The van der Waals surface area contributed by atoms with E-state index in [9.17, 15) is 4.79 Å². The van der Waals surface area contributed by atoms with Crippen molar-refractivity contribution in [1.29, 1.82) is 0 Å². The minimum absolute atomic E-state index is 0.129. The van der Waals surface area contributed by atoms with Gasteiger partial charge in [0.2, 0.25) is 17.7 Å². The Bertz CT molecular complexity index is 609. The molecule has 138 valence electrons. The highest BCUT2D eigenvalue weighted by Gasteiger charge is 2.38. The normalized spacial score (nSPS) is 24.5. The lowest BCUT2D eigenvalue weighted by Crippen LogP contribution is -2.54. The molecule has 2 fully saturated rings. The van der Waals surface area contributed by atoms with Gasteiger partial charge >= 0.3 is 0 Å². The molecule has 0 saturated carbocycles. The summed E-state index contributed by atoms with van der Waals surface area (Å²) in [5.41, 5.74) is 6.57. The average Bonchev–Trinajstić information content (AvgIpc) is 3.12. The average molecular weight is 348 g/mol. The molecule has 2 aliphatic rings. The molecule has 0 spiro atoms. The summed E-state index contributed by atoms with van der Waals surface area (Å²) in [6.07, 6.45) is 2.51. The van der Waals surface area contributed by atoms with Crippen molar-refractivity contribution in [2.45, 2.75) is 39.3 Å². The van der Waals surface area contributed by atoms with Crippen molar-refractivity contribution >= 4 is 11.9 Å². The summed E-state index contributed by atoms with van der Waals surface area (Å²) in [5.74, 6) is 1.38. The Balaban J connectivity index is 1.54. The standard InChI is InChI=1S/C17H28N6O2/c1-17(2,3)13-11-12(20-21-13)15(24)22-7-9-23(10-8-22)16-18-6-5-14(19-16)25-4/h5-6,12-13,20-21H,7-11H2,1-4H3. The fraction of sp³-hybridized carbons (Fsp3) is 0.706. The van der Waals surface area contributed by atoms with Crippen LogP contribution in [0.2, 0.25) is 0 Å². The maximum absolute atomic E-state index is 12.8. The number of hydrogen-bond acceptors (Lipinski definition) is 7. The lowest BCUT2D eigenvalue weighted by molar-refractivity contribution is -0.133. The van der Waals surface area contributed by atoms with E-state index in [2.05, 4.69) is 46.5 Å². The third-order valence-electron chi connectivity index (χ3n) is 4.95. The van der Waals surface area contributed by atoms with Crippen molar-refractivity contribution in [3.63, 3.8) is 0 Å². The van der Waals surface area contributed by atoms with Gasteiger partial charge in [-0.25, -0.2) is 10.4 Å². The smallest absolute Gasteiger partial charge is 0.241 e. The highest BCUT2D eigenvalue weighted by atomic mass is 16.5. The van der Waals surface area contributed by atoms with Crippen LogP contribution in [-0.4, -0.2) is 66.1 Å². The van der Waals surface area contributed by atoms with Crippen molar-refractivity contribution in [3.05, 3.63) is 12.3 Å². The van der Waals surface area contributed by atoms with E-state index in [0.29, 0.717) is 31.0 Å². The van der Waals surface area contributed by atoms with Gasteiger partial charge in [-0.3, -0.25) is 10.2 Å². The number of anilines is 1. The number of nitrogens with one attached hydrogen (secondary N) is 2. The van der Waals surface area contributed by atoms with Crippen molar-refractivity contribution in [1.82, 2.24) is 25.7 Å². The van der Waals surface area contributed by atoms with Crippen LogP contribution in [0.15, 0.2) is 12.3 Å². The maximum atomic E-state index is 12.8. The van der Waals surface area contributed by atoms with Gasteiger partial charge < -0.3 is 14.5 Å². The van der Waals surface area contributed by atoms with E-state index >= 15 is 0 Å². The number of carbonyl (C=O) groups excluding carboxylic acids is 1. The van der Waals surface area contributed by atoms with Gasteiger partial charge in [0, 0.05) is 44.5 Å². The predicted octanol–water partition coefficient (Wildman–Crippen LogP) is 0.415. The molecule has 0 aliphatic carbocycles. The lowest BCUT2D eigenvalue weighted by atomic mass is 9.84. The van der Waals surface area contributed by atoms with Crippen LogP contribution < -0.4 is 20.5 Å². The Kier molecular flexibility index (Phi) is 5.10. The Labute approximate surface area is 148 Å². The number of hydrogen-bond donors (Lipinski definition) is 2. The number of hydrazine groups is 1. The van der Waals surface area contributed by atoms with Crippen molar-refractivity contribution in [3.8, 4) is 5.88 Å². The summed E-state index contributed by atoms with van der Waals surface area (Å²) in [5, 5.41) is 0. The van der Waals surface area contributed by atoms with E-state index in [4.69, 9.17) is 4.74 Å². The van der Waals surface area contributed by atoms with Gasteiger partial charge in [-0.2, -0.15) is 4.98 Å². The lowest BCUT2D eigenvalue weighted by Gasteiger charge is -2.35. The Hall–Kier alpha value is -1.93. The molecule has 1 aromatic rings. The second kappa shape index (κ2) is 7.13. The zero-order valence-corrected chi connectivity index (χ0v) is 15.5. The van der Waals surface area contributed by atoms with E-state index in [-0.39, 0.29) is 17.4 Å². The number of ether oxygens (including phenoxy) is 1. The van der Waals surface area contributed by atoms with E-state index in [0.717, 1.165) is 19.5 Å². The number of rotatable bonds is 3. The van der Waals surface area contributed by atoms with Gasteiger partial charge in [-0.15, -0.1) is 0 Å². The Morgan fingerprint density at radius 2 is 1.96 bits per heavy atom. The molecule has 2 saturated heterocycles. The molecule has 0 bridgehead atoms. The SMILES string of the molecule is COc1ccnc(N2CCN(C(=O)C3CC(C(C)(C)C)NN3)CC2)n1. The van der Waals surface area contributed by atoms with Crippen molar-refractivity contribution < 1.29 is 9.53 Å². The quantitative estimate of drug-likeness (QED) is 0.819. The van der Waals surface area contributed by atoms with Gasteiger partial charge in [-0.1, -0.05) is 20.8 Å². The number of carbonyl (C=O) groups is 1. The molecule has 3 rings (SSSR count). The second-order valence-electron chi connectivity index (χ2n) is 7.71. The minimum Gasteiger partial charge on any atom is -0.481 e. The number of nitrogens with zero attached hydrogens (tertiary/aromatic N) is 4. The molecule has 1 amide bonds. The summed E-state index contributed by atoms with van der Waals surface area (Å²) in [4.78, 5) is 25.5. The first kappa shape index (κ1) is 17.9. The molecular weight excluding hydrogens is 320 g/mol. The largest absolute Gasteiger partial charge is 0.481 e. The Morgan fingerprint density at radius 1 is 1.24 bits per heavy atom. The Morgan fingerprint density at radius 3 is 2.56 bits per heavy atom. The first-order valence-electron chi connectivity index (χ1n) is 8.80. The zero-order valence-electron chi connectivity index (χ0n) is 15.5. The molecule has 0 radical (unpaired) electrons. The molecule has 8 heteroatoms. The molecule has 2 unspecified atom stereocenters. The summed E-state index contributed by atoms with van der Waals surface area (Å²) in [6.45, 7) is 9.36. The summed E-state index contributed by atoms with van der Waals surface area (Å²) >= 11 is 0. The first-order chi connectivity index (χ1) is 11.9. The van der Waals surface area contributed by atoms with E-state index in [1.165, 1.54) is 0 Å². The first-order valence-corrected chi connectivity index (χ1v) is 8.80. The van der Waals surface area contributed by atoms with E-state index in [1.807, 2.05) is 4.90 Å². The molecule has 2 aliphatic heterocycles. The van der Waals surface area contributed by atoms with Crippen LogP contribution in [0.5, 0.6) is 5.88 Å². The van der Waals surface area contributed by atoms with Crippen LogP contribution in [0.1, 0.15) is 27.2 Å². The van der Waals surface area contributed by atoms with Crippen molar-refractivity contribution in [2.75, 3.05) is 38.2 Å². The van der Waals surface area contributed by atoms with Gasteiger partial charge in [0.05, 0.1) is 7.11 Å². The fourth-order valence-corrected chi connectivity index (χ4v) is 3.23. The number of piperazine rings is 1. The number of amides is 1. The van der Waals surface area contributed by atoms with Gasteiger partial charge in [0.25, 0.3) is 0 Å². The van der Waals surface area contributed by atoms with E-state index in [1.54, 1.807) is 19.4 Å². The maximum Gasteiger partial charge on any atom is 0.241 e. The summed E-state index contributed by atoms with van der Waals surface area (Å²) in [6, 6.07) is 1.88. The molecule has 2 atom stereocenters. The van der Waals surface area contributed by atoms with Crippen molar-refractivity contribution in [2.24, 2.45) is 5.41 Å². The van der Waals surface area contributed by atoms with Crippen LogP contribution in [0.4, 0.5) is 5.95 Å². The zero-order chi connectivity index (χ0) is 18.0. The van der Waals surface area contributed by atoms with Crippen LogP contribution in [0, 0.1) is 5.41 Å². The minimum atomic E-state index is -0.149. The molecule has 8 nitrogen and oxygen atoms in total. The monoisotopic (exact) mass is 348 g/mol. The third kappa shape index (κ3) is 4.01. The molecular formula is C17H28N6O2. The van der Waals surface area contributed by atoms with Crippen LogP contribution in [0.25, 0.3) is 0 Å². The highest BCUT2D eigenvalue weighted by Crippen LogP contribution is 2.26. The summed E-state index contributed by atoms with van der Waals surface area (Å²) < 4.78 is 5.15. The molecule has 1 aromatic heterocycles. The van der Waals surface area contributed by atoms with Crippen LogP contribution >= 0.6 is 0 Å². The van der Waals surface area contributed by atoms with Crippen LogP contribution in [-0.2, 0) is 4.79 Å². The van der Waals surface area contributed by atoms with E-state index < -0.39 is 0 Å². The number of aromatic nitrogens is 2.